The normalized spacial score (nSPS) is 16.5. The summed E-state index contributed by atoms with van der Waals surface area (Å²) in [6.45, 7) is 0. The van der Waals surface area contributed by atoms with Gasteiger partial charge in [-0.25, -0.2) is 0 Å². The highest BCUT2D eigenvalue weighted by atomic mass is 32.2. The second-order valence-electron chi connectivity index (χ2n) is 4.56. The molecule has 1 aromatic carbocycles. The maximum Gasteiger partial charge on any atom is 0.280 e. The lowest BCUT2D eigenvalue weighted by molar-refractivity contribution is -0.384. The summed E-state index contributed by atoms with van der Waals surface area (Å²) in [6.07, 6.45) is 1.88. The molecule has 0 aliphatic carbocycles. The molecule has 2 aromatic rings. The summed E-state index contributed by atoms with van der Waals surface area (Å²) in [6, 6.07) is 9.68. The van der Waals surface area contributed by atoms with Crippen molar-refractivity contribution in [2.45, 2.75) is 6.42 Å². The zero-order valence-electron chi connectivity index (χ0n) is 11.1. The van der Waals surface area contributed by atoms with Gasteiger partial charge in [-0.05, 0) is 24.3 Å². The zero-order valence-corrected chi connectivity index (χ0v) is 12.8. The van der Waals surface area contributed by atoms with Gasteiger partial charge in [-0.2, -0.15) is 0 Å². The van der Waals surface area contributed by atoms with E-state index in [-0.39, 0.29) is 17.9 Å². The van der Waals surface area contributed by atoms with Gasteiger partial charge < -0.3 is 4.42 Å². The molecule has 0 bridgehead atoms. The highest BCUT2D eigenvalue weighted by molar-refractivity contribution is 8.27. The summed E-state index contributed by atoms with van der Waals surface area (Å²) in [7, 11) is 0. The second-order valence-corrected chi connectivity index (χ2v) is 6.45. The zero-order chi connectivity index (χ0) is 15.7. The van der Waals surface area contributed by atoms with Crippen molar-refractivity contribution in [3.8, 4) is 11.3 Å². The lowest BCUT2D eigenvalue weighted by Crippen LogP contribution is -1.91. The van der Waals surface area contributed by atoms with Crippen molar-refractivity contribution < 1.29 is 14.1 Å². The average molecular weight is 331 g/mol. The first kappa shape index (κ1) is 14.7. The van der Waals surface area contributed by atoms with Gasteiger partial charge in [0, 0.05) is 6.07 Å². The Morgan fingerprint density at radius 2 is 2.05 bits per heavy atom. The molecule has 22 heavy (non-hydrogen) atoms. The van der Waals surface area contributed by atoms with Gasteiger partial charge >= 0.3 is 0 Å². The molecule has 0 saturated carbocycles. The van der Waals surface area contributed by atoms with Gasteiger partial charge in [0.15, 0.2) is 5.78 Å². The number of hydrogen-bond donors (Lipinski definition) is 0. The number of Topliss-reactive ketones (excluding diaryl/α,β-unsaturated/α-hetero) is 1. The SMILES string of the molecule is O=C1CC(=S)S/C1=C\c1ccc(-c2ccccc2[N+](=O)[O-])o1. The molecule has 7 heteroatoms. The molecular weight excluding hydrogens is 322 g/mol. The highest BCUT2D eigenvalue weighted by Gasteiger charge is 2.23. The number of ketones is 1. The average Bonchev–Trinajstić information content (AvgIpc) is 3.06. The number of thioether (sulfide) groups is 1. The summed E-state index contributed by atoms with van der Waals surface area (Å²) in [5.41, 5.74) is 0.377. The van der Waals surface area contributed by atoms with Crippen molar-refractivity contribution in [3.63, 3.8) is 0 Å². The summed E-state index contributed by atoms with van der Waals surface area (Å²) in [4.78, 5) is 22.8. The van der Waals surface area contributed by atoms with E-state index < -0.39 is 4.92 Å². The molecule has 110 valence electrons. The van der Waals surface area contributed by atoms with Crippen LogP contribution in [0.4, 0.5) is 5.69 Å². The summed E-state index contributed by atoms with van der Waals surface area (Å²) in [5, 5.41) is 11.0. The maximum absolute atomic E-state index is 11.7. The molecule has 0 radical (unpaired) electrons. The number of carbonyl (C=O) groups excluding carboxylic acids is 1. The molecule has 1 saturated heterocycles. The molecule has 2 heterocycles. The Labute approximate surface area is 135 Å². The van der Waals surface area contributed by atoms with Crippen LogP contribution in [0.15, 0.2) is 45.7 Å². The van der Waals surface area contributed by atoms with Crippen molar-refractivity contribution in [1.82, 2.24) is 0 Å². The Morgan fingerprint density at radius 3 is 2.73 bits per heavy atom. The van der Waals surface area contributed by atoms with Crippen LogP contribution in [0.5, 0.6) is 0 Å². The number of furan rings is 1. The largest absolute Gasteiger partial charge is 0.456 e. The van der Waals surface area contributed by atoms with Crippen LogP contribution < -0.4 is 0 Å². The number of benzene rings is 1. The van der Waals surface area contributed by atoms with Gasteiger partial charge in [0.1, 0.15) is 11.5 Å². The highest BCUT2D eigenvalue weighted by Crippen LogP contribution is 2.34. The van der Waals surface area contributed by atoms with Crippen LogP contribution in [0.2, 0.25) is 0 Å². The molecule has 1 fully saturated rings. The van der Waals surface area contributed by atoms with Gasteiger partial charge in [-0.15, -0.1) is 0 Å². The number of allylic oxidation sites excluding steroid dienone is 1. The van der Waals surface area contributed by atoms with Crippen molar-refractivity contribution in [2.24, 2.45) is 0 Å². The van der Waals surface area contributed by atoms with E-state index in [9.17, 15) is 14.9 Å². The third kappa shape index (κ3) is 2.86. The number of para-hydroxylation sites is 1. The molecule has 0 atom stereocenters. The van der Waals surface area contributed by atoms with Crippen LogP contribution in [0.3, 0.4) is 0 Å². The van der Waals surface area contributed by atoms with E-state index in [0.29, 0.717) is 26.2 Å². The number of carbonyl (C=O) groups is 1. The number of nitro groups is 1. The predicted octanol–water partition coefficient (Wildman–Crippen LogP) is 4.23. The summed E-state index contributed by atoms with van der Waals surface area (Å²) >= 11 is 6.27. The summed E-state index contributed by atoms with van der Waals surface area (Å²) in [5.74, 6) is 0.824. The minimum atomic E-state index is -0.454. The molecule has 0 unspecified atom stereocenters. The van der Waals surface area contributed by atoms with E-state index >= 15 is 0 Å². The van der Waals surface area contributed by atoms with Gasteiger partial charge in [-0.1, -0.05) is 36.1 Å². The standard InChI is InChI=1S/C15H9NO4S2/c17-12-8-15(21)22-14(12)7-9-5-6-13(20-9)10-3-1-2-4-11(10)16(18)19/h1-7H,8H2/b14-7-. The van der Waals surface area contributed by atoms with Crippen LogP contribution in [0.25, 0.3) is 17.4 Å². The monoisotopic (exact) mass is 331 g/mol. The fraction of sp³-hybridized carbons (Fsp3) is 0.0667. The lowest BCUT2D eigenvalue weighted by atomic mass is 10.1. The van der Waals surface area contributed by atoms with Crippen LogP contribution in [0, 0.1) is 10.1 Å². The fourth-order valence-electron chi connectivity index (χ4n) is 2.09. The van der Waals surface area contributed by atoms with E-state index in [1.165, 1.54) is 17.8 Å². The molecule has 1 aliphatic heterocycles. The number of hydrogen-bond acceptors (Lipinski definition) is 6. The van der Waals surface area contributed by atoms with E-state index in [4.69, 9.17) is 16.6 Å². The number of nitrogens with zero attached hydrogens (tertiary/aromatic N) is 1. The summed E-state index contributed by atoms with van der Waals surface area (Å²) < 4.78 is 6.26. The van der Waals surface area contributed by atoms with Gasteiger partial charge in [0.25, 0.3) is 5.69 Å². The molecule has 1 aromatic heterocycles. The molecular formula is C15H9NO4S2. The number of rotatable bonds is 3. The van der Waals surface area contributed by atoms with Crippen molar-refractivity contribution >= 4 is 45.7 Å². The van der Waals surface area contributed by atoms with Crippen molar-refractivity contribution in [2.75, 3.05) is 0 Å². The van der Waals surface area contributed by atoms with E-state index in [0.717, 1.165) is 0 Å². The third-order valence-electron chi connectivity index (χ3n) is 3.07. The Bertz CT molecular complexity index is 822. The van der Waals surface area contributed by atoms with Gasteiger partial charge in [0.05, 0.1) is 26.0 Å². The first-order chi connectivity index (χ1) is 10.5. The second kappa shape index (κ2) is 5.86. The third-order valence-corrected chi connectivity index (χ3v) is 4.40. The van der Waals surface area contributed by atoms with Crippen LogP contribution in [-0.4, -0.2) is 14.9 Å². The molecule has 0 amide bonds. The number of thiocarbonyl (C=S) groups is 1. The maximum atomic E-state index is 11.7. The van der Waals surface area contributed by atoms with Gasteiger partial charge in [0.2, 0.25) is 0 Å². The minimum absolute atomic E-state index is 0.0245. The molecule has 1 aliphatic rings. The van der Waals surface area contributed by atoms with Crippen LogP contribution in [-0.2, 0) is 4.79 Å². The van der Waals surface area contributed by atoms with Crippen LogP contribution >= 0.6 is 24.0 Å². The lowest BCUT2D eigenvalue weighted by Gasteiger charge is -1.98. The Morgan fingerprint density at radius 1 is 1.27 bits per heavy atom. The fourth-order valence-corrected chi connectivity index (χ4v) is 3.30. The molecule has 3 rings (SSSR count). The first-order valence-corrected chi connectivity index (χ1v) is 7.56. The van der Waals surface area contributed by atoms with Crippen molar-refractivity contribution in [3.05, 3.63) is 57.2 Å². The topological polar surface area (TPSA) is 73.3 Å². The van der Waals surface area contributed by atoms with Crippen LogP contribution in [0.1, 0.15) is 12.2 Å². The van der Waals surface area contributed by atoms with Gasteiger partial charge in [-0.3, -0.25) is 14.9 Å². The first-order valence-electron chi connectivity index (χ1n) is 6.34. The predicted molar refractivity (Wildman–Crippen MR) is 88.6 cm³/mol. The quantitative estimate of drug-likeness (QED) is 0.363. The Kier molecular flexibility index (Phi) is 3.91. The Hall–Kier alpha value is -2.25. The Balaban J connectivity index is 1.95. The smallest absolute Gasteiger partial charge is 0.280 e. The minimum Gasteiger partial charge on any atom is -0.456 e. The van der Waals surface area contributed by atoms with E-state index in [1.54, 1.807) is 36.4 Å². The van der Waals surface area contributed by atoms with E-state index in [1.807, 2.05) is 0 Å². The molecule has 5 nitrogen and oxygen atoms in total. The molecule has 0 spiro atoms. The molecule has 0 N–H and O–H groups in total. The number of nitro benzene ring substituents is 1. The van der Waals surface area contributed by atoms with Crippen molar-refractivity contribution in [1.29, 1.82) is 0 Å². The van der Waals surface area contributed by atoms with E-state index in [2.05, 4.69) is 0 Å².